The van der Waals surface area contributed by atoms with Gasteiger partial charge >= 0.3 is 5.97 Å². The van der Waals surface area contributed by atoms with Gasteiger partial charge in [0.2, 0.25) is 5.91 Å². The van der Waals surface area contributed by atoms with Crippen LogP contribution in [0.1, 0.15) is 34.8 Å². The number of anilines is 2. The molecule has 1 atom stereocenters. The Bertz CT molecular complexity index is 954. The number of ether oxygens (including phenoxy) is 1. The van der Waals surface area contributed by atoms with Gasteiger partial charge < -0.3 is 20.1 Å². The number of hydrogen-bond donors (Lipinski definition) is 2. The Balaban J connectivity index is 1.78. The number of carbonyl (C=O) groups is 3. The highest BCUT2D eigenvalue weighted by molar-refractivity contribution is 6.05. The molecule has 2 N–H and O–H groups in total. The van der Waals surface area contributed by atoms with Gasteiger partial charge in [-0.2, -0.15) is 0 Å². The molecular weight excluding hydrogens is 360 g/mol. The number of phenols is 1. The van der Waals surface area contributed by atoms with Crippen LogP contribution in [-0.2, 0) is 14.3 Å². The maximum absolute atomic E-state index is 12.8. The number of nitrogens with one attached hydrogen (secondary N) is 1. The molecule has 0 unspecified atom stereocenters. The second kappa shape index (κ2) is 7.72. The Labute approximate surface area is 162 Å². The Morgan fingerprint density at radius 3 is 2.68 bits per heavy atom. The number of amides is 2. The molecule has 1 aliphatic rings. The summed E-state index contributed by atoms with van der Waals surface area (Å²) in [5.74, 6) is -1.57. The lowest BCUT2D eigenvalue weighted by Crippen LogP contribution is -2.41. The van der Waals surface area contributed by atoms with Crippen molar-refractivity contribution in [1.29, 1.82) is 0 Å². The molecule has 0 saturated carbocycles. The van der Waals surface area contributed by atoms with Gasteiger partial charge in [0.15, 0.2) is 6.61 Å². The van der Waals surface area contributed by atoms with Crippen LogP contribution >= 0.6 is 0 Å². The van der Waals surface area contributed by atoms with Crippen LogP contribution in [0, 0.1) is 13.8 Å². The van der Waals surface area contributed by atoms with Crippen molar-refractivity contribution >= 4 is 29.2 Å². The van der Waals surface area contributed by atoms with Crippen molar-refractivity contribution in [1.82, 2.24) is 0 Å². The van der Waals surface area contributed by atoms with E-state index in [1.165, 1.54) is 11.0 Å². The van der Waals surface area contributed by atoms with E-state index in [4.69, 9.17) is 4.74 Å². The zero-order valence-corrected chi connectivity index (χ0v) is 16.0. The number of hydrogen-bond acceptors (Lipinski definition) is 5. The maximum atomic E-state index is 12.8. The minimum Gasteiger partial charge on any atom is -0.507 e. The van der Waals surface area contributed by atoms with Crippen LogP contribution in [-0.4, -0.2) is 35.5 Å². The number of nitrogens with zero attached hydrogens (tertiary/aromatic N) is 1. The summed E-state index contributed by atoms with van der Waals surface area (Å²) in [5, 5.41) is 12.9. The molecule has 2 aromatic carbocycles. The first-order chi connectivity index (χ1) is 13.3. The first-order valence-electron chi connectivity index (χ1n) is 8.96. The molecule has 0 aromatic heterocycles. The van der Waals surface area contributed by atoms with Crippen molar-refractivity contribution in [2.24, 2.45) is 0 Å². The van der Waals surface area contributed by atoms with Gasteiger partial charge in [0, 0.05) is 12.5 Å². The SMILES string of the molecule is Cc1ccc(C(=O)OCC(=O)N2c3ccccc3NC(=O)C[C@H]2C)c(O)c1C. The molecule has 0 aliphatic carbocycles. The van der Waals surface area contributed by atoms with Crippen LogP contribution in [0.3, 0.4) is 0 Å². The molecule has 0 saturated heterocycles. The van der Waals surface area contributed by atoms with Gasteiger partial charge in [-0.05, 0) is 50.1 Å². The van der Waals surface area contributed by atoms with E-state index < -0.39 is 24.5 Å². The minimum atomic E-state index is -0.779. The number of fused-ring (bicyclic) bond motifs is 1. The van der Waals surface area contributed by atoms with E-state index >= 15 is 0 Å². The molecule has 3 rings (SSSR count). The summed E-state index contributed by atoms with van der Waals surface area (Å²) in [6.45, 7) is 4.78. The van der Waals surface area contributed by atoms with Gasteiger partial charge in [-0.1, -0.05) is 18.2 Å². The monoisotopic (exact) mass is 382 g/mol. The van der Waals surface area contributed by atoms with Crippen molar-refractivity contribution in [2.45, 2.75) is 33.2 Å². The standard InChI is InChI=1S/C21H22N2O5/c1-12-8-9-15(20(26)14(12)3)21(27)28-11-19(25)23-13(2)10-18(24)22-16-6-4-5-7-17(16)23/h4-9,13,26H,10-11H2,1-3H3,(H,22,24)/t13-/m1/s1. The fraction of sp³-hybridized carbons (Fsp3) is 0.286. The first-order valence-corrected chi connectivity index (χ1v) is 8.96. The van der Waals surface area contributed by atoms with E-state index in [0.717, 1.165) is 5.56 Å². The lowest BCUT2D eigenvalue weighted by atomic mass is 10.0. The summed E-state index contributed by atoms with van der Waals surface area (Å²) < 4.78 is 5.15. The third kappa shape index (κ3) is 3.69. The number of phenolic OH excluding ortho intramolecular Hbond substituents is 1. The van der Waals surface area contributed by atoms with E-state index in [2.05, 4.69) is 5.32 Å². The lowest BCUT2D eigenvalue weighted by molar-refractivity contribution is -0.122. The van der Waals surface area contributed by atoms with Gasteiger partial charge in [-0.3, -0.25) is 9.59 Å². The van der Waals surface area contributed by atoms with Crippen molar-refractivity contribution < 1.29 is 24.2 Å². The normalized spacial score (nSPS) is 16.0. The number of rotatable bonds is 3. The zero-order valence-electron chi connectivity index (χ0n) is 16.0. The highest BCUT2D eigenvalue weighted by atomic mass is 16.5. The third-order valence-electron chi connectivity index (χ3n) is 4.88. The van der Waals surface area contributed by atoms with Gasteiger partial charge in [-0.25, -0.2) is 4.79 Å². The van der Waals surface area contributed by atoms with Crippen LogP contribution in [0.25, 0.3) is 0 Å². The Morgan fingerprint density at radius 2 is 1.93 bits per heavy atom. The molecule has 7 nitrogen and oxygen atoms in total. The second-order valence-corrected chi connectivity index (χ2v) is 6.86. The summed E-state index contributed by atoms with van der Waals surface area (Å²) in [6.07, 6.45) is 0.131. The van der Waals surface area contributed by atoms with Gasteiger partial charge in [0.1, 0.15) is 11.3 Å². The van der Waals surface area contributed by atoms with Crippen LogP contribution in [0.15, 0.2) is 36.4 Å². The molecule has 0 fully saturated rings. The Hall–Kier alpha value is -3.35. The average molecular weight is 382 g/mol. The van der Waals surface area contributed by atoms with Crippen LogP contribution in [0.2, 0.25) is 0 Å². The molecule has 7 heteroatoms. The van der Waals surface area contributed by atoms with Gasteiger partial charge in [0.05, 0.1) is 11.4 Å². The van der Waals surface area contributed by atoms with E-state index in [1.807, 2.05) is 6.92 Å². The van der Waals surface area contributed by atoms with Crippen LogP contribution < -0.4 is 10.2 Å². The number of aryl methyl sites for hydroxylation is 1. The molecule has 2 aromatic rings. The highest BCUT2D eigenvalue weighted by Crippen LogP contribution is 2.31. The number of benzene rings is 2. The molecule has 28 heavy (non-hydrogen) atoms. The van der Waals surface area contributed by atoms with Crippen molar-refractivity contribution in [3.8, 4) is 5.75 Å². The molecule has 0 spiro atoms. The van der Waals surface area contributed by atoms with Crippen LogP contribution in [0.4, 0.5) is 11.4 Å². The highest BCUT2D eigenvalue weighted by Gasteiger charge is 2.30. The maximum Gasteiger partial charge on any atom is 0.342 e. The predicted octanol–water partition coefficient (Wildman–Crippen LogP) is 2.93. The van der Waals surface area contributed by atoms with Crippen molar-refractivity contribution in [2.75, 3.05) is 16.8 Å². The average Bonchev–Trinajstić information content (AvgIpc) is 2.78. The quantitative estimate of drug-likeness (QED) is 0.796. The lowest BCUT2D eigenvalue weighted by Gasteiger charge is -2.27. The van der Waals surface area contributed by atoms with Crippen molar-refractivity contribution in [3.05, 3.63) is 53.1 Å². The number of para-hydroxylation sites is 2. The number of carbonyl (C=O) groups excluding carboxylic acids is 3. The Morgan fingerprint density at radius 1 is 1.21 bits per heavy atom. The van der Waals surface area contributed by atoms with E-state index in [9.17, 15) is 19.5 Å². The fourth-order valence-corrected chi connectivity index (χ4v) is 3.21. The van der Waals surface area contributed by atoms with E-state index in [-0.39, 0.29) is 23.6 Å². The molecule has 0 radical (unpaired) electrons. The largest absolute Gasteiger partial charge is 0.507 e. The van der Waals surface area contributed by atoms with Crippen molar-refractivity contribution in [3.63, 3.8) is 0 Å². The van der Waals surface area contributed by atoms with E-state index in [1.54, 1.807) is 44.2 Å². The van der Waals surface area contributed by atoms with Gasteiger partial charge in [-0.15, -0.1) is 0 Å². The molecule has 1 aliphatic heterocycles. The molecule has 0 bridgehead atoms. The van der Waals surface area contributed by atoms with Gasteiger partial charge in [0.25, 0.3) is 5.91 Å². The topological polar surface area (TPSA) is 95.9 Å². The minimum absolute atomic E-state index is 0.0112. The molecule has 1 heterocycles. The summed E-state index contributed by atoms with van der Waals surface area (Å²) in [5.41, 5.74) is 2.52. The molecule has 2 amide bonds. The summed E-state index contributed by atoms with van der Waals surface area (Å²) >= 11 is 0. The first kappa shape index (κ1) is 19.4. The number of aromatic hydroxyl groups is 1. The zero-order chi connectivity index (χ0) is 20.4. The third-order valence-corrected chi connectivity index (χ3v) is 4.88. The predicted molar refractivity (Wildman–Crippen MR) is 105 cm³/mol. The Kier molecular flexibility index (Phi) is 5.35. The summed E-state index contributed by atoms with van der Waals surface area (Å²) in [7, 11) is 0. The molecule has 146 valence electrons. The fourth-order valence-electron chi connectivity index (χ4n) is 3.21. The summed E-state index contributed by atoms with van der Waals surface area (Å²) in [6, 6.07) is 9.75. The van der Waals surface area contributed by atoms with E-state index in [0.29, 0.717) is 16.9 Å². The summed E-state index contributed by atoms with van der Waals surface area (Å²) in [4.78, 5) is 38.6. The second-order valence-electron chi connectivity index (χ2n) is 6.86. The molecular formula is C21H22N2O5. The smallest absolute Gasteiger partial charge is 0.342 e. The number of esters is 1. The van der Waals surface area contributed by atoms with Crippen LogP contribution in [0.5, 0.6) is 5.75 Å².